The minimum atomic E-state index is -4.46. The first-order chi connectivity index (χ1) is 9.75. The number of nitrogens with one attached hydrogen (secondary N) is 1. The molecule has 0 aliphatic carbocycles. The highest BCUT2D eigenvalue weighted by atomic mass is 32.1. The van der Waals surface area contributed by atoms with Crippen molar-refractivity contribution in [3.05, 3.63) is 47.4 Å². The predicted octanol–water partition coefficient (Wildman–Crippen LogP) is 3.18. The number of anilines is 2. The second kappa shape index (κ2) is 5.65. The molecular formula is C13H11F3N4S. The third-order valence-electron chi connectivity index (χ3n) is 2.56. The van der Waals surface area contributed by atoms with E-state index in [0.717, 1.165) is 12.3 Å². The van der Waals surface area contributed by atoms with Crippen LogP contribution in [0.5, 0.6) is 0 Å². The van der Waals surface area contributed by atoms with Crippen LogP contribution < -0.4 is 11.1 Å². The summed E-state index contributed by atoms with van der Waals surface area (Å²) in [5, 5.41) is 2.86. The fourth-order valence-electron chi connectivity index (χ4n) is 1.66. The number of halogens is 3. The molecule has 0 saturated heterocycles. The van der Waals surface area contributed by atoms with Gasteiger partial charge in [0.1, 0.15) is 16.5 Å². The molecule has 4 nitrogen and oxygen atoms in total. The highest BCUT2D eigenvalue weighted by molar-refractivity contribution is 7.80. The summed E-state index contributed by atoms with van der Waals surface area (Å²) in [6.07, 6.45) is -3.37. The number of nitrogens with two attached hydrogens (primary N) is 1. The minimum Gasteiger partial charge on any atom is -0.389 e. The number of aromatic nitrogens is 2. The Bertz CT molecular complexity index is 668. The van der Waals surface area contributed by atoms with Crippen LogP contribution in [0, 0.1) is 6.92 Å². The molecule has 0 aromatic carbocycles. The van der Waals surface area contributed by atoms with Crippen molar-refractivity contribution >= 4 is 28.7 Å². The molecule has 21 heavy (non-hydrogen) atoms. The molecule has 2 heterocycles. The van der Waals surface area contributed by atoms with E-state index in [1.54, 1.807) is 19.1 Å². The van der Waals surface area contributed by atoms with Crippen molar-refractivity contribution in [2.24, 2.45) is 5.73 Å². The van der Waals surface area contributed by atoms with Gasteiger partial charge in [-0.15, -0.1) is 0 Å². The smallest absolute Gasteiger partial charge is 0.389 e. The second-order valence-electron chi connectivity index (χ2n) is 4.30. The number of nitrogens with zero attached hydrogens (tertiary/aromatic N) is 2. The van der Waals surface area contributed by atoms with Crippen LogP contribution >= 0.6 is 12.2 Å². The molecule has 0 atom stereocenters. The molecular weight excluding hydrogens is 301 g/mol. The Kier molecular flexibility index (Phi) is 4.08. The Hall–Kier alpha value is -2.22. The topological polar surface area (TPSA) is 63.8 Å². The highest BCUT2D eigenvalue weighted by Gasteiger charge is 2.32. The van der Waals surface area contributed by atoms with Crippen LogP contribution in [0.15, 0.2) is 30.5 Å². The lowest BCUT2D eigenvalue weighted by molar-refractivity contribution is -0.141. The van der Waals surface area contributed by atoms with Gasteiger partial charge < -0.3 is 11.1 Å². The van der Waals surface area contributed by atoms with E-state index in [0.29, 0.717) is 22.8 Å². The van der Waals surface area contributed by atoms with Gasteiger partial charge in [0.25, 0.3) is 0 Å². The van der Waals surface area contributed by atoms with E-state index in [-0.39, 0.29) is 4.99 Å². The first-order valence-electron chi connectivity index (χ1n) is 5.84. The lowest BCUT2D eigenvalue weighted by Gasteiger charge is -2.10. The van der Waals surface area contributed by atoms with Crippen LogP contribution in [-0.4, -0.2) is 15.0 Å². The van der Waals surface area contributed by atoms with Gasteiger partial charge in [-0.3, -0.25) is 0 Å². The molecule has 0 fully saturated rings. The molecule has 0 spiro atoms. The van der Waals surface area contributed by atoms with Gasteiger partial charge in [0.2, 0.25) is 0 Å². The standard InChI is InChI=1S/C13H11F3N4S/c1-7-4-8(12(17)21)5-11(19-7)20-9-2-3-10(18-6-9)13(14,15)16/h2-6H,1H3,(H2,17,21)(H,19,20). The minimum absolute atomic E-state index is 0.217. The van der Waals surface area contributed by atoms with Gasteiger partial charge in [-0.2, -0.15) is 13.2 Å². The molecule has 8 heteroatoms. The molecule has 0 saturated carbocycles. The molecule has 0 radical (unpaired) electrons. The summed E-state index contributed by atoms with van der Waals surface area (Å²) < 4.78 is 37.3. The Balaban J connectivity index is 2.24. The van der Waals surface area contributed by atoms with Crippen molar-refractivity contribution in [1.29, 1.82) is 0 Å². The number of hydrogen-bond donors (Lipinski definition) is 2. The van der Waals surface area contributed by atoms with Gasteiger partial charge in [-0.05, 0) is 31.2 Å². The Morgan fingerprint density at radius 1 is 1.29 bits per heavy atom. The van der Waals surface area contributed by atoms with Crippen LogP contribution in [-0.2, 0) is 6.18 Å². The molecule has 2 aromatic heterocycles. The van der Waals surface area contributed by atoms with E-state index in [9.17, 15) is 13.2 Å². The zero-order valence-electron chi connectivity index (χ0n) is 10.9. The number of thiocarbonyl (C=S) groups is 1. The van der Waals surface area contributed by atoms with Crippen molar-refractivity contribution in [3.63, 3.8) is 0 Å². The zero-order valence-corrected chi connectivity index (χ0v) is 11.7. The molecule has 2 rings (SSSR count). The summed E-state index contributed by atoms with van der Waals surface area (Å²) in [5.41, 5.74) is 6.29. The van der Waals surface area contributed by atoms with Crippen LogP contribution in [0.2, 0.25) is 0 Å². The SMILES string of the molecule is Cc1cc(C(N)=S)cc(Nc2ccc(C(F)(F)F)nc2)n1. The third-order valence-corrected chi connectivity index (χ3v) is 2.80. The molecule has 2 aromatic rings. The van der Waals surface area contributed by atoms with Crippen LogP contribution in [0.25, 0.3) is 0 Å². The molecule has 0 bridgehead atoms. The fraction of sp³-hybridized carbons (Fsp3) is 0.154. The normalized spacial score (nSPS) is 11.2. The Morgan fingerprint density at radius 2 is 2.00 bits per heavy atom. The Labute approximate surface area is 124 Å². The summed E-state index contributed by atoms with van der Waals surface area (Å²) in [5.74, 6) is 0.430. The van der Waals surface area contributed by atoms with E-state index in [2.05, 4.69) is 15.3 Å². The summed E-state index contributed by atoms with van der Waals surface area (Å²) in [6, 6.07) is 5.51. The first-order valence-corrected chi connectivity index (χ1v) is 6.25. The maximum atomic E-state index is 12.4. The van der Waals surface area contributed by atoms with Crippen molar-refractivity contribution < 1.29 is 13.2 Å². The average molecular weight is 312 g/mol. The van der Waals surface area contributed by atoms with E-state index >= 15 is 0 Å². The molecule has 0 aliphatic rings. The highest BCUT2D eigenvalue weighted by Crippen LogP contribution is 2.28. The third kappa shape index (κ3) is 3.88. The second-order valence-corrected chi connectivity index (χ2v) is 4.74. The Morgan fingerprint density at radius 3 is 2.52 bits per heavy atom. The molecule has 0 amide bonds. The zero-order chi connectivity index (χ0) is 15.6. The van der Waals surface area contributed by atoms with Crippen LogP contribution in [0.3, 0.4) is 0 Å². The number of alkyl halides is 3. The quantitative estimate of drug-likeness (QED) is 0.852. The van der Waals surface area contributed by atoms with Crippen molar-refractivity contribution in [3.8, 4) is 0 Å². The molecule has 0 aliphatic heterocycles. The van der Waals surface area contributed by atoms with Crippen molar-refractivity contribution in [2.75, 3.05) is 5.32 Å². The van der Waals surface area contributed by atoms with E-state index < -0.39 is 11.9 Å². The van der Waals surface area contributed by atoms with Crippen molar-refractivity contribution in [1.82, 2.24) is 9.97 Å². The number of pyridine rings is 2. The van der Waals surface area contributed by atoms with Crippen molar-refractivity contribution in [2.45, 2.75) is 13.1 Å². The van der Waals surface area contributed by atoms with E-state index in [4.69, 9.17) is 18.0 Å². The summed E-state index contributed by atoms with van der Waals surface area (Å²) in [7, 11) is 0. The monoisotopic (exact) mass is 312 g/mol. The van der Waals surface area contributed by atoms with Gasteiger partial charge in [-0.25, -0.2) is 9.97 Å². The fourth-order valence-corrected chi connectivity index (χ4v) is 1.78. The van der Waals surface area contributed by atoms with Gasteiger partial charge in [0.15, 0.2) is 0 Å². The van der Waals surface area contributed by atoms with Crippen LogP contribution in [0.1, 0.15) is 17.0 Å². The lowest BCUT2D eigenvalue weighted by atomic mass is 10.2. The number of hydrogen-bond acceptors (Lipinski definition) is 4. The summed E-state index contributed by atoms with van der Waals surface area (Å²) in [6.45, 7) is 1.76. The molecule has 3 N–H and O–H groups in total. The van der Waals surface area contributed by atoms with Gasteiger partial charge in [0.05, 0.1) is 11.9 Å². The van der Waals surface area contributed by atoms with Crippen LogP contribution in [0.4, 0.5) is 24.7 Å². The summed E-state index contributed by atoms with van der Waals surface area (Å²) >= 11 is 4.89. The number of aryl methyl sites for hydroxylation is 1. The lowest BCUT2D eigenvalue weighted by Crippen LogP contribution is -2.11. The van der Waals surface area contributed by atoms with Gasteiger partial charge in [-0.1, -0.05) is 12.2 Å². The molecule has 0 unspecified atom stereocenters. The number of rotatable bonds is 3. The maximum absolute atomic E-state index is 12.4. The largest absolute Gasteiger partial charge is 0.433 e. The van der Waals surface area contributed by atoms with E-state index in [1.807, 2.05) is 0 Å². The molecule has 110 valence electrons. The summed E-state index contributed by atoms with van der Waals surface area (Å²) in [4.78, 5) is 7.78. The van der Waals surface area contributed by atoms with Gasteiger partial charge in [0, 0.05) is 11.3 Å². The average Bonchev–Trinajstić information content (AvgIpc) is 2.37. The van der Waals surface area contributed by atoms with E-state index in [1.165, 1.54) is 6.07 Å². The predicted molar refractivity (Wildman–Crippen MR) is 77.4 cm³/mol. The first kappa shape index (κ1) is 15.2. The maximum Gasteiger partial charge on any atom is 0.433 e. The van der Waals surface area contributed by atoms with Gasteiger partial charge >= 0.3 is 6.18 Å².